The predicted molar refractivity (Wildman–Crippen MR) is 141 cm³/mol. The second-order valence-corrected chi connectivity index (χ2v) is 11.7. The number of carbonyl (C=O) groups is 2. The van der Waals surface area contributed by atoms with E-state index in [0.717, 1.165) is 29.5 Å². The third-order valence-corrected chi connectivity index (χ3v) is 9.48. The zero-order valence-corrected chi connectivity index (χ0v) is 22.8. The highest BCUT2D eigenvalue weighted by atomic mass is 32.2. The maximum absolute atomic E-state index is 13.1. The summed E-state index contributed by atoms with van der Waals surface area (Å²) in [5, 5.41) is 0. The monoisotopic (exact) mass is 545 g/mol. The SMILES string of the molecule is CCOCCn1c(=NC(=O)c2ccc(S(=O)(=O)N3CCCCC3C)cc2)sc2cc(C(=O)OC)ccc21. The number of thiazole rings is 1. The van der Waals surface area contributed by atoms with Crippen LogP contribution in [0.4, 0.5) is 0 Å². The molecule has 1 amide bonds. The zero-order valence-electron chi connectivity index (χ0n) is 21.2. The van der Waals surface area contributed by atoms with Crippen molar-refractivity contribution in [3.8, 4) is 0 Å². The number of methoxy groups -OCH3 is 1. The molecule has 3 aromatic rings. The highest BCUT2D eigenvalue weighted by Gasteiger charge is 2.31. The van der Waals surface area contributed by atoms with E-state index in [0.29, 0.717) is 36.7 Å². The molecule has 1 saturated heterocycles. The summed E-state index contributed by atoms with van der Waals surface area (Å²) in [6.45, 7) is 5.81. The van der Waals surface area contributed by atoms with Crippen molar-refractivity contribution < 1.29 is 27.5 Å². The van der Waals surface area contributed by atoms with Crippen LogP contribution >= 0.6 is 11.3 Å². The minimum Gasteiger partial charge on any atom is -0.465 e. The Bertz CT molecular complexity index is 1460. The van der Waals surface area contributed by atoms with E-state index in [1.807, 2.05) is 18.4 Å². The molecule has 198 valence electrons. The summed E-state index contributed by atoms with van der Waals surface area (Å²) in [7, 11) is -2.30. The minimum atomic E-state index is -3.63. The van der Waals surface area contributed by atoms with Gasteiger partial charge in [-0.2, -0.15) is 9.30 Å². The van der Waals surface area contributed by atoms with Crippen molar-refractivity contribution in [2.45, 2.75) is 50.6 Å². The second kappa shape index (κ2) is 11.7. The van der Waals surface area contributed by atoms with Crippen molar-refractivity contribution in [1.82, 2.24) is 8.87 Å². The van der Waals surface area contributed by atoms with Crippen LogP contribution in [0.5, 0.6) is 0 Å². The van der Waals surface area contributed by atoms with E-state index < -0.39 is 21.9 Å². The van der Waals surface area contributed by atoms with Gasteiger partial charge in [0.1, 0.15) is 0 Å². The van der Waals surface area contributed by atoms with Gasteiger partial charge in [0.2, 0.25) is 10.0 Å². The number of esters is 1. The highest BCUT2D eigenvalue weighted by molar-refractivity contribution is 7.89. The molecule has 1 aliphatic rings. The molecule has 1 unspecified atom stereocenters. The average Bonchev–Trinajstić information content (AvgIpc) is 3.24. The number of nitrogens with zero attached hydrogens (tertiary/aromatic N) is 3. The molecule has 0 radical (unpaired) electrons. The summed E-state index contributed by atoms with van der Waals surface area (Å²) >= 11 is 1.28. The van der Waals surface area contributed by atoms with Gasteiger partial charge in [-0.25, -0.2) is 13.2 Å². The molecular weight excluding hydrogens is 514 g/mol. The van der Waals surface area contributed by atoms with Crippen LogP contribution in [-0.2, 0) is 26.0 Å². The van der Waals surface area contributed by atoms with Gasteiger partial charge >= 0.3 is 5.97 Å². The van der Waals surface area contributed by atoms with Gasteiger partial charge in [-0.15, -0.1) is 0 Å². The van der Waals surface area contributed by atoms with Gasteiger partial charge in [-0.05, 0) is 69.2 Å². The number of rotatable bonds is 8. The Morgan fingerprint density at radius 1 is 1.11 bits per heavy atom. The Labute approximate surface area is 220 Å². The van der Waals surface area contributed by atoms with Gasteiger partial charge in [-0.3, -0.25) is 4.79 Å². The largest absolute Gasteiger partial charge is 0.465 e. The van der Waals surface area contributed by atoms with Crippen molar-refractivity contribution in [3.63, 3.8) is 0 Å². The maximum Gasteiger partial charge on any atom is 0.337 e. The number of hydrogen-bond donors (Lipinski definition) is 0. The normalized spacial score (nSPS) is 17.3. The van der Waals surface area contributed by atoms with Crippen molar-refractivity contribution in [2.75, 3.05) is 26.9 Å². The standard InChI is InChI=1S/C26H31N3O6S2/c1-4-35-16-15-28-22-13-10-20(25(31)34-3)17-23(22)36-26(28)27-24(30)19-8-11-21(12-9-19)37(32,33)29-14-6-5-7-18(29)2/h8-13,17-18H,4-7,14-16H2,1-3H3. The number of piperidine rings is 1. The van der Waals surface area contributed by atoms with Gasteiger partial charge in [-0.1, -0.05) is 17.8 Å². The van der Waals surface area contributed by atoms with E-state index in [1.54, 1.807) is 22.5 Å². The summed E-state index contributed by atoms with van der Waals surface area (Å²) in [5.41, 5.74) is 1.52. The molecule has 0 bridgehead atoms. The number of ether oxygens (including phenoxy) is 2. The van der Waals surface area contributed by atoms with Crippen LogP contribution in [0.1, 0.15) is 53.8 Å². The summed E-state index contributed by atoms with van der Waals surface area (Å²) in [6.07, 6.45) is 2.71. The number of hydrogen-bond acceptors (Lipinski definition) is 7. The predicted octanol–water partition coefficient (Wildman–Crippen LogP) is 3.83. The van der Waals surface area contributed by atoms with Crippen molar-refractivity contribution in [2.24, 2.45) is 4.99 Å². The topological polar surface area (TPSA) is 107 Å². The maximum atomic E-state index is 13.1. The van der Waals surface area contributed by atoms with E-state index in [-0.39, 0.29) is 16.5 Å². The molecule has 1 atom stereocenters. The number of amides is 1. The van der Waals surface area contributed by atoms with Crippen molar-refractivity contribution in [1.29, 1.82) is 0 Å². The van der Waals surface area contributed by atoms with Crippen LogP contribution < -0.4 is 4.80 Å². The lowest BCUT2D eigenvalue weighted by Gasteiger charge is -2.32. The molecule has 11 heteroatoms. The lowest BCUT2D eigenvalue weighted by atomic mass is 10.1. The average molecular weight is 546 g/mol. The quantitative estimate of drug-likeness (QED) is 0.315. The summed E-state index contributed by atoms with van der Waals surface area (Å²) in [4.78, 5) is 30.0. The lowest BCUT2D eigenvalue weighted by Crippen LogP contribution is -2.41. The molecule has 0 spiro atoms. The molecule has 37 heavy (non-hydrogen) atoms. The van der Waals surface area contributed by atoms with E-state index in [2.05, 4.69) is 4.99 Å². The Kier molecular flexibility index (Phi) is 8.58. The molecule has 2 aromatic carbocycles. The van der Waals surface area contributed by atoms with E-state index >= 15 is 0 Å². The summed E-state index contributed by atoms with van der Waals surface area (Å²) in [5.74, 6) is -0.931. The fourth-order valence-corrected chi connectivity index (χ4v) is 7.20. The first-order chi connectivity index (χ1) is 17.8. The molecule has 1 aliphatic heterocycles. The third kappa shape index (κ3) is 5.85. The number of fused-ring (bicyclic) bond motifs is 1. The first-order valence-electron chi connectivity index (χ1n) is 12.3. The van der Waals surface area contributed by atoms with E-state index in [4.69, 9.17) is 9.47 Å². The number of benzene rings is 2. The van der Waals surface area contributed by atoms with Crippen LogP contribution in [0.3, 0.4) is 0 Å². The van der Waals surface area contributed by atoms with Crippen LogP contribution in [0.25, 0.3) is 10.2 Å². The summed E-state index contributed by atoms with van der Waals surface area (Å²) in [6, 6.07) is 11.1. The number of sulfonamides is 1. The van der Waals surface area contributed by atoms with Crippen molar-refractivity contribution in [3.05, 3.63) is 58.4 Å². The number of carbonyl (C=O) groups excluding carboxylic acids is 2. The Hall–Kier alpha value is -2.86. The molecule has 4 rings (SSSR count). The van der Waals surface area contributed by atoms with Crippen LogP contribution in [0, 0.1) is 0 Å². The molecule has 9 nitrogen and oxygen atoms in total. The second-order valence-electron chi connectivity index (χ2n) is 8.81. The molecule has 0 N–H and O–H groups in total. The summed E-state index contributed by atoms with van der Waals surface area (Å²) < 4.78 is 40.7. The van der Waals surface area contributed by atoms with Crippen LogP contribution in [0.2, 0.25) is 0 Å². The minimum absolute atomic E-state index is 0.0464. The first-order valence-corrected chi connectivity index (χ1v) is 14.5. The molecule has 0 saturated carbocycles. The zero-order chi connectivity index (χ0) is 26.6. The fraction of sp³-hybridized carbons (Fsp3) is 0.423. The molecule has 1 aromatic heterocycles. The van der Waals surface area contributed by atoms with E-state index in [9.17, 15) is 18.0 Å². The van der Waals surface area contributed by atoms with Crippen LogP contribution in [-0.4, -0.2) is 62.1 Å². The Morgan fingerprint density at radius 2 is 1.84 bits per heavy atom. The first kappa shape index (κ1) is 27.2. The lowest BCUT2D eigenvalue weighted by molar-refractivity contribution is 0.0600. The molecule has 0 aliphatic carbocycles. The van der Waals surface area contributed by atoms with Gasteiger partial charge in [0.15, 0.2) is 4.80 Å². The van der Waals surface area contributed by atoms with Crippen LogP contribution in [0.15, 0.2) is 52.4 Å². The highest BCUT2D eigenvalue weighted by Crippen LogP contribution is 2.25. The smallest absolute Gasteiger partial charge is 0.337 e. The Balaban J connectivity index is 1.66. The van der Waals surface area contributed by atoms with Crippen molar-refractivity contribution >= 4 is 43.5 Å². The van der Waals surface area contributed by atoms with Gasteiger partial charge in [0.05, 0.1) is 34.4 Å². The fourth-order valence-electron chi connectivity index (χ4n) is 4.40. The van der Waals surface area contributed by atoms with Gasteiger partial charge in [0, 0.05) is 31.3 Å². The van der Waals surface area contributed by atoms with E-state index in [1.165, 1.54) is 42.7 Å². The Morgan fingerprint density at radius 3 is 2.51 bits per heavy atom. The van der Waals surface area contributed by atoms with Gasteiger partial charge < -0.3 is 14.0 Å². The number of aromatic nitrogens is 1. The third-order valence-electron chi connectivity index (χ3n) is 6.41. The molecule has 1 fully saturated rings. The molecular formula is C26H31N3O6S2. The molecule has 2 heterocycles. The van der Waals surface area contributed by atoms with Gasteiger partial charge in [0.25, 0.3) is 5.91 Å².